The maximum absolute atomic E-state index is 11.9. The molecule has 0 bridgehead atoms. The van der Waals surface area contributed by atoms with Crippen LogP contribution in [0.3, 0.4) is 0 Å². The summed E-state index contributed by atoms with van der Waals surface area (Å²) in [5, 5.41) is 2.11. The molecule has 0 aromatic rings. The van der Waals surface area contributed by atoms with Gasteiger partial charge in [-0.15, -0.1) is 0 Å². The Morgan fingerprint density at radius 2 is 1.75 bits per heavy atom. The van der Waals surface area contributed by atoms with E-state index in [2.05, 4.69) is 24.3 Å². The zero-order chi connectivity index (χ0) is 12.2. The van der Waals surface area contributed by atoms with E-state index in [4.69, 9.17) is 0 Å². The van der Waals surface area contributed by atoms with Crippen molar-refractivity contribution in [1.82, 2.24) is 10.4 Å². The van der Waals surface area contributed by atoms with Gasteiger partial charge in [-0.3, -0.25) is 5.43 Å². The number of hydrogen-bond acceptors (Lipinski definition) is 2. The minimum atomic E-state index is -4.03. The predicted molar refractivity (Wildman–Crippen MR) is 57.9 cm³/mol. The third kappa shape index (κ3) is 4.70. The van der Waals surface area contributed by atoms with Crippen molar-refractivity contribution >= 4 is 0 Å². The Kier molecular flexibility index (Phi) is 5.05. The number of hydrogen-bond donors (Lipinski definition) is 1. The molecule has 2 unspecified atom stereocenters. The van der Waals surface area contributed by atoms with E-state index in [1.807, 2.05) is 0 Å². The van der Waals surface area contributed by atoms with Crippen LogP contribution in [0, 0.1) is 0 Å². The quantitative estimate of drug-likeness (QED) is 0.757. The molecule has 1 aliphatic rings. The van der Waals surface area contributed by atoms with Crippen LogP contribution in [-0.4, -0.2) is 29.8 Å². The van der Waals surface area contributed by atoms with Crippen LogP contribution in [0.25, 0.3) is 0 Å². The fourth-order valence-corrected chi connectivity index (χ4v) is 2.23. The van der Waals surface area contributed by atoms with Crippen molar-refractivity contribution in [3.63, 3.8) is 0 Å². The van der Waals surface area contributed by atoms with Gasteiger partial charge in [-0.25, -0.2) is 5.01 Å². The maximum atomic E-state index is 11.9. The number of alkyl halides is 3. The largest absolute Gasteiger partial charge is 0.389 e. The summed E-state index contributed by atoms with van der Waals surface area (Å²) in [6.07, 6.45) is -1.12. The van der Waals surface area contributed by atoms with E-state index < -0.39 is 12.6 Å². The summed E-state index contributed by atoms with van der Waals surface area (Å²) in [6.45, 7) is 4.65. The number of rotatable bonds is 4. The Morgan fingerprint density at radius 1 is 1.19 bits per heavy atom. The zero-order valence-electron chi connectivity index (χ0n) is 9.98. The first-order valence-electron chi connectivity index (χ1n) is 5.99. The number of nitrogens with one attached hydrogen (secondary N) is 1. The molecule has 0 aromatic heterocycles. The molecule has 1 rings (SSSR count). The Morgan fingerprint density at radius 3 is 2.25 bits per heavy atom. The minimum absolute atomic E-state index is 0.152. The second kappa shape index (κ2) is 5.87. The van der Waals surface area contributed by atoms with Gasteiger partial charge in [0.2, 0.25) is 0 Å². The summed E-state index contributed by atoms with van der Waals surface area (Å²) in [5.41, 5.74) is 3.13. The van der Waals surface area contributed by atoms with Gasteiger partial charge in [-0.05, 0) is 33.1 Å². The Bertz CT molecular complexity index is 196. The van der Waals surface area contributed by atoms with Gasteiger partial charge in [0.25, 0.3) is 0 Å². The fourth-order valence-electron chi connectivity index (χ4n) is 2.23. The average molecular weight is 238 g/mol. The van der Waals surface area contributed by atoms with Crippen molar-refractivity contribution in [3.8, 4) is 0 Å². The summed E-state index contributed by atoms with van der Waals surface area (Å²) in [4.78, 5) is 0. The van der Waals surface area contributed by atoms with Gasteiger partial charge in [-0.1, -0.05) is 6.42 Å². The molecule has 1 aliphatic heterocycles. The third-order valence-corrected chi connectivity index (χ3v) is 3.12. The molecule has 2 nitrogen and oxygen atoms in total. The highest BCUT2D eigenvalue weighted by Crippen LogP contribution is 2.22. The molecule has 1 heterocycles. The van der Waals surface area contributed by atoms with E-state index in [-0.39, 0.29) is 6.42 Å². The van der Waals surface area contributed by atoms with Crippen LogP contribution in [0.1, 0.15) is 46.0 Å². The van der Waals surface area contributed by atoms with Crippen LogP contribution in [0.5, 0.6) is 0 Å². The lowest BCUT2D eigenvalue weighted by Crippen LogP contribution is -2.52. The van der Waals surface area contributed by atoms with Gasteiger partial charge < -0.3 is 0 Å². The smallest absolute Gasteiger partial charge is 0.255 e. The molecule has 0 amide bonds. The molecule has 2 atom stereocenters. The Labute approximate surface area is 95.2 Å². The van der Waals surface area contributed by atoms with E-state index in [9.17, 15) is 13.2 Å². The molecule has 5 heteroatoms. The van der Waals surface area contributed by atoms with Crippen LogP contribution in [0.15, 0.2) is 0 Å². The lowest BCUT2D eigenvalue weighted by Gasteiger charge is -2.39. The van der Waals surface area contributed by atoms with Crippen molar-refractivity contribution < 1.29 is 13.2 Å². The number of hydrazine groups is 1. The highest BCUT2D eigenvalue weighted by Gasteiger charge is 2.27. The van der Waals surface area contributed by atoms with Crippen molar-refractivity contribution in [2.24, 2.45) is 0 Å². The molecule has 16 heavy (non-hydrogen) atoms. The lowest BCUT2D eigenvalue weighted by molar-refractivity contribution is -0.135. The van der Waals surface area contributed by atoms with Crippen LogP contribution >= 0.6 is 0 Å². The number of piperidine rings is 1. The molecule has 0 saturated carbocycles. The van der Waals surface area contributed by atoms with E-state index in [1.165, 1.54) is 6.42 Å². The van der Waals surface area contributed by atoms with Crippen LogP contribution in [0.4, 0.5) is 13.2 Å². The second-order valence-corrected chi connectivity index (χ2v) is 4.66. The summed E-state index contributed by atoms with van der Waals surface area (Å²) in [5.74, 6) is 0. The van der Waals surface area contributed by atoms with E-state index in [0.29, 0.717) is 18.6 Å². The molecule has 0 spiro atoms. The highest BCUT2D eigenvalue weighted by molar-refractivity contribution is 4.76. The molecule has 0 aliphatic carbocycles. The second-order valence-electron chi connectivity index (χ2n) is 4.66. The summed E-state index contributed by atoms with van der Waals surface area (Å²) in [7, 11) is 0. The molecule has 96 valence electrons. The monoisotopic (exact) mass is 238 g/mol. The normalized spacial score (nSPS) is 28.3. The van der Waals surface area contributed by atoms with Crippen molar-refractivity contribution in [2.45, 2.75) is 64.2 Å². The molecule has 0 radical (unpaired) electrons. The van der Waals surface area contributed by atoms with Gasteiger partial charge in [0.05, 0.1) is 0 Å². The average Bonchev–Trinajstić information content (AvgIpc) is 2.14. The van der Waals surface area contributed by atoms with Gasteiger partial charge >= 0.3 is 6.18 Å². The van der Waals surface area contributed by atoms with Crippen molar-refractivity contribution in [3.05, 3.63) is 0 Å². The SMILES string of the molecule is CC1CCCC(C)N1NCCCC(F)(F)F. The molecule has 1 N–H and O–H groups in total. The predicted octanol–water partition coefficient (Wildman–Crippen LogP) is 3.10. The highest BCUT2D eigenvalue weighted by atomic mass is 19.4. The van der Waals surface area contributed by atoms with Crippen LogP contribution < -0.4 is 5.43 Å². The Balaban J connectivity index is 2.20. The number of nitrogens with zero attached hydrogens (tertiary/aromatic N) is 1. The first-order chi connectivity index (χ1) is 7.40. The van der Waals surface area contributed by atoms with Gasteiger partial charge in [0, 0.05) is 25.0 Å². The Hall–Kier alpha value is -0.290. The van der Waals surface area contributed by atoms with Crippen LogP contribution in [-0.2, 0) is 0 Å². The first-order valence-corrected chi connectivity index (χ1v) is 5.99. The van der Waals surface area contributed by atoms with Gasteiger partial charge in [0.15, 0.2) is 0 Å². The zero-order valence-corrected chi connectivity index (χ0v) is 9.98. The summed E-state index contributed by atoms with van der Waals surface area (Å²) < 4.78 is 35.8. The van der Waals surface area contributed by atoms with Gasteiger partial charge in [-0.2, -0.15) is 13.2 Å². The van der Waals surface area contributed by atoms with Crippen molar-refractivity contribution in [1.29, 1.82) is 0 Å². The maximum Gasteiger partial charge on any atom is 0.389 e. The van der Waals surface area contributed by atoms with E-state index in [1.54, 1.807) is 0 Å². The fraction of sp³-hybridized carbons (Fsp3) is 1.00. The standard InChI is InChI=1S/C11H21F3N2/c1-9-5-3-6-10(2)16(9)15-8-4-7-11(12,13)14/h9-10,15H,3-8H2,1-2H3. The number of halogens is 3. The molecular formula is C11H21F3N2. The first kappa shape index (κ1) is 13.8. The third-order valence-electron chi connectivity index (χ3n) is 3.12. The van der Waals surface area contributed by atoms with Crippen LogP contribution in [0.2, 0.25) is 0 Å². The van der Waals surface area contributed by atoms with E-state index >= 15 is 0 Å². The van der Waals surface area contributed by atoms with E-state index in [0.717, 1.165) is 12.8 Å². The lowest BCUT2D eigenvalue weighted by atomic mass is 10.00. The minimum Gasteiger partial charge on any atom is -0.255 e. The molecule has 1 saturated heterocycles. The molecule has 1 fully saturated rings. The molecular weight excluding hydrogens is 217 g/mol. The topological polar surface area (TPSA) is 15.3 Å². The van der Waals surface area contributed by atoms with Gasteiger partial charge in [0.1, 0.15) is 0 Å². The summed E-state index contributed by atoms with van der Waals surface area (Å²) in [6, 6.07) is 0.851. The summed E-state index contributed by atoms with van der Waals surface area (Å²) >= 11 is 0. The molecule has 0 aromatic carbocycles. The van der Waals surface area contributed by atoms with Crippen molar-refractivity contribution in [2.75, 3.05) is 6.54 Å².